The molecule has 0 N–H and O–H groups in total. The molecule has 1 rings (SSSR count). The second-order valence-electron chi connectivity index (χ2n) is 8.94. The number of sulfonamides is 1. The molecule has 6 nitrogen and oxygen atoms in total. The molecule has 0 aliphatic rings. The third-order valence-corrected chi connectivity index (χ3v) is 5.85. The molecule has 1 aromatic rings. The lowest BCUT2D eigenvalue weighted by molar-refractivity contribution is -0.0336. The minimum Gasteiger partial charge on any atom is -0.376 e. The molecule has 25 heavy (non-hydrogen) atoms. The zero-order valence-electron chi connectivity index (χ0n) is 17.2. The summed E-state index contributed by atoms with van der Waals surface area (Å²) in [5.74, 6) is 0. The van der Waals surface area contributed by atoms with Gasteiger partial charge in [-0.05, 0) is 40.0 Å². The zero-order valence-corrected chi connectivity index (χ0v) is 18.0. The van der Waals surface area contributed by atoms with Gasteiger partial charge in [-0.25, -0.2) is 13.4 Å². The van der Waals surface area contributed by atoms with Gasteiger partial charge in [-0.1, -0.05) is 20.8 Å². The maximum Gasteiger partial charge on any atom is 0.212 e. The molecule has 1 heterocycles. The molecule has 0 saturated carbocycles. The minimum absolute atomic E-state index is 0.00616. The van der Waals surface area contributed by atoms with Crippen molar-refractivity contribution in [3.63, 3.8) is 0 Å². The Balaban J connectivity index is 3.12. The fourth-order valence-electron chi connectivity index (χ4n) is 2.83. The van der Waals surface area contributed by atoms with Crippen LogP contribution in [0.25, 0.3) is 0 Å². The van der Waals surface area contributed by atoms with E-state index in [1.807, 2.05) is 45.4 Å². The number of aryl methyl sites for hydroxylation is 1. The maximum absolute atomic E-state index is 12.5. The molecule has 146 valence electrons. The van der Waals surface area contributed by atoms with Gasteiger partial charge in [0.1, 0.15) is 0 Å². The third-order valence-electron chi connectivity index (χ3n) is 4.29. The van der Waals surface area contributed by atoms with Crippen molar-refractivity contribution in [2.24, 2.45) is 5.41 Å². The number of rotatable bonds is 7. The lowest BCUT2D eigenvalue weighted by Gasteiger charge is -2.40. The first-order valence-corrected chi connectivity index (χ1v) is 10.6. The van der Waals surface area contributed by atoms with Gasteiger partial charge >= 0.3 is 0 Å². The van der Waals surface area contributed by atoms with Crippen molar-refractivity contribution in [3.05, 3.63) is 18.2 Å². The standard InChI is InChI=1S/C18H35N3O3S/c1-14-10-20(13-19-14)11-16(12-24-15(2)17(3,4)5)21(18(6,7)8)25(9,22)23/h10,13,15-16H,11-12H2,1-9H3. The lowest BCUT2D eigenvalue weighted by Crippen LogP contribution is -2.54. The van der Waals surface area contributed by atoms with Crippen LogP contribution in [0.2, 0.25) is 0 Å². The molecule has 0 aromatic carbocycles. The number of nitrogens with zero attached hydrogens (tertiary/aromatic N) is 3. The normalized spacial score (nSPS) is 16.2. The van der Waals surface area contributed by atoms with E-state index in [2.05, 4.69) is 25.8 Å². The van der Waals surface area contributed by atoms with E-state index in [0.717, 1.165) is 5.69 Å². The Bertz CT molecular complexity index is 654. The highest BCUT2D eigenvalue weighted by atomic mass is 32.2. The van der Waals surface area contributed by atoms with Crippen LogP contribution in [-0.2, 0) is 21.3 Å². The Morgan fingerprint density at radius 2 is 1.80 bits per heavy atom. The molecule has 0 radical (unpaired) electrons. The molecule has 7 heteroatoms. The highest BCUT2D eigenvalue weighted by Crippen LogP contribution is 2.26. The SMILES string of the molecule is Cc1cn(CC(COC(C)C(C)(C)C)N(C(C)(C)C)S(C)(=O)=O)cn1. The summed E-state index contributed by atoms with van der Waals surface area (Å²) < 4.78 is 34.6. The minimum atomic E-state index is -3.40. The van der Waals surface area contributed by atoms with Crippen molar-refractivity contribution >= 4 is 10.0 Å². The summed E-state index contributed by atoms with van der Waals surface area (Å²) in [6.45, 7) is 16.9. The Morgan fingerprint density at radius 3 is 2.16 bits per heavy atom. The number of hydrogen-bond donors (Lipinski definition) is 0. The quantitative estimate of drug-likeness (QED) is 0.737. The molecule has 0 amide bonds. The fourth-order valence-corrected chi connectivity index (χ4v) is 4.50. The topological polar surface area (TPSA) is 64.4 Å². The molecule has 1 aromatic heterocycles. The molecule has 0 bridgehead atoms. The second-order valence-corrected chi connectivity index (χ2v) is 10.8. The first-order chi connectivity index (χ1) is 11.1. The number of hydrogen-bond acceptors (Lipinski definition) is 4. The summed E-state index contributed by atoms with van der Waals surface area (Å²) >= 11 is 0. The van der Waals surface area contributed by atoms with E-state index in [0.29, 0.717) is 13.2 Å². The van der Waals surface area contributed by atoms with Crippen LogP contribution in [0.5, 0.6) is 0 Å². The van der Waals surface area contributed by atoms with Crippen molar-refractivity contribution in [2.45, 2.75) is 79.6 Å². The summed E-state index contributed by atoms with van der Waals surface area (Å²) in [6, 6.07) is -0.312. The Morgan fingerprint density at radius 1 is 1.24 bits per heavy atom. The summed E-state index contributed by atoms with van der Waals surface area (Å²) in [4.78, 5) is 4.24. The number of aromatic nitrogens is 2. The van der Waals surface area contributed by atoms with Crippen LogP contribution in [0.3, 0.4) is 0 Å². The van der Waals surface area contributed by atoms with Crippen molar-refractivity contribution in [3.8, 4) is 0 Å². The largest absolute Gasteiger partial charge is 0.376 e. The first-order valence-electron chi connectivity index (χ1n) is 8.72. The Hall–Kier alpha value is -0.920. The van der Waals surface area contributed by atoms with Gasteiger partial charge in [0, 0.05) is 18.3 Å². The highest BCUT2D eigenvalue weighted by molar-refractivity contribution is 7.88. The van der Waals surface area contributed by atoms with E-state index in [1.54, 1.807) is 10.6 Å². The van der Waals surface area contributed by atoms with Gasteiger partial charge in [0.05, 0.1) is 37.0 Å². The Kier molecular flexibility index (Phi) is 6.87. The summed E-state index contributed by atoms with van der Waals surface area (Å²) in [5.41, 5.74) is 0.361. The van der Waals surface area contributed by atoms with Gasteiger partial charge < -0.3 is 9.30 Å². The van der Waals surface area contributed by atoms with Gasteiger partial charge in [-0.3, -0.25) is 0 Å². The third kappa shape index (κ3) is 6.72. The molecule has 0 aliphatic carbocycles. The monoisotopic (exact) mass is 373 g/mol. The average molecular weight is 374 g/mol. The first kappa shape index (κ1) is 22.1. The van der Waals surface area contributed by atoms with Crippen LogP contribution < -0.4 is 0 Å². The van der Waals surface area contributed by atoms with E-state index in [4.69, 9.17) is 4.74 Å². The summed E-state index contributed by atoms with van der Waals surface area (Å²) in [5, 5.41) is 0. The van der Waals surface area contributed by atoms with Gasteiger partial charge in [-0.2, -0.15) is 4.31 Å². The van der Waals surface area contributed by atoms with Gasteiger partial charge in [0.2, 0.25) is 10.0 Å². The van der Waals surface area contributed by atoms with Crippen molar-refractivity contribution in [1.82, 2.24) is 13.9 Å². The summed E-state index contributed by atoms with van der Waals surface area (Å²) in [7, 11) is -3.40. The van der Waals surface area contributed by atoms with Gasteiger partial charge in [-0.15, -0.1) is 0 Å². The van der Waals surface area contributed by atoms with Crippen molar-refractivity contribution in [1.29, 1.82) is 0 Å². The van der Waals surface area contributed by atoms with Gasteiger partial charge in [0.15, 0.2) is 0 Å². The zero-order chi connectivity index (χ0) is 19.6. The molecule has 2 atom stereocenters. The molecule has 0 spiro atoms. The average Bonchev–Trinajstić information content (AvgIpc) is 2.76. The molecular weight excluding hydrogens is 338 g/mol. The molecule has 0 saturated heterocycles. The molecular formula is C18H35N3O3S. The Labute approximate surface area is 153 Å². The predicted molar refractivity (Wildman–Crippen MR) is 102 cm³/mol. The molecule has 2 unspecified atom stereocenters. The van der Waals surface area contributed by atoms with Crippen LogP contribution in [0.4, 0.5) is 0 Å². The van der Waals surface area contributed by atoms with Crippen LogP contribution in [-0.4, -0.2) is 52.8 Å². The van der Waals surface area contributed by atoms with E-state index < -0.39 is 15.6 Å². The smallest absolute Gasteiger partial charge is 0.212 e. The van der Waals surface area contributed by atoms with Crippen LogP contribution in [0, 0.1) is 12.3 Å². The fraction of sp³-hybridized carbons (Fsp3) is 0.833. The maximum atomic E-state index is 12.5. The van der Waals surface area contributed by atoms with Crippen LogP contribution >= 0.6 is 0 Å². The van der Waals surface area contributed by atoms with E-state index in [9.17, 15) is 8.42 Å². The highest BCUT2D eigenvalue weighted by Gasteiger charge is 2.37. The molecule has 0 fully saturated rings. The van der Waals surface area contributed by atoms with E-state index in [1.165, 1.54) is 6.26 Å². The van der Waals surface area contributed by atoms with Crippen LogP contribution in [0.15, 0.2) is 12.5 Å². The molecule has 0 aliphatic heterocycles. The van der Waals surface area contributed by atoms with Gasteiger partial charge in [0.25, 0.3) is 0 Å². The number of imidazole rings is 1. The predicted octanol–water partition coefficient (Wildman–Crippen LogP) is 3.07. The van der Waals surface area contributed by atoms with Crippen LogP contribution in [0.1, 0.15) is 54.2 Å². The lowest BCUT2D eigenvalue weighted by atomic mass is 9.90. The van der Waals surface area contributed by atoms with E-state index >= 15 is 0 Å². The second kappa shape index (κ2) is 7.76. The van der Waals surface area contributed by atoms with Crippen molar-refractivity contribution < 1.29 is 13.2 Å². The van der Waals surface area contributed by atoms with E-state index in [-0.39, 0.29) is 17.6 Å². The van der Waals surface area contributed by atoms with Crippen molar-refractivity contribution in [2.75, 3.05) is 12.9 Å². The number of ether oxygens (including phenoxy) is 1. The summed E-state index contributed by atoms with van der Waals surface area (Å²) in [6.07, 6.45) is 4.93.